The topological polar surface area (TPSA) is 97.3 Å². The van der Waals surface area contributed by atoms with Crippen LogP contribution in [-0.2, 0) is 4.79 Å². The largest absolute Gasteiger partial charge is 0.493 e. The molecule has 8 nitrogen and oxygen atoms in total. The number of methoxy groups -OCH3 is 1. The smallest absolute Gasteiger partial charge is 0.289 e. The molecule has 0 aliphatic carbocycles. The zero-order valence-electron chi connectivity index (χ0n) is 18.6. The number of benzene rings is 1. The number of ether oxygens (including phenoxy) is 1. The average Bonchev–Trinajstić information content (AvgIpc) is 2.77. The van der Waals surface area contributed by atoms with E-state index in [-0.39, 0.29) is 18.1 Å². The quantitative estimate of drug-likeness (QED) is 0.637. The molecule has 9 heteroatoms. The van der Waals surface area contributed by atoms with Gasteiger partial charge in [0, 0.05) is 18.8 Å². The van der Waals surface area contributed by atoms with Crippen molar-refractivity contribution in [1.82, 2.24) is 20.3 Å². The number of rotatable bonds is 6. The number of pyridine rings is 1. The van der Waals surface area contributed by atoms with Gasteiger partial charge >= 0.3 is 0 Å². The van der Waals surface area contributed by atoms with E-state index in [1.165, 1.54) is 19.1 Å². The summed E-state index contributed by atoms with van der Waals surface area (Å²) >= 11 is 0. The number of hydrogen-bond donors (Lipinski definition) is 1. The number of aryl methyl sites for hydroxylation is 3. The number of nitrogens with zero attached hydrogens (tertiary/aromatic N) is 4. The summed E-state index contributed by atoms with van der Waals surface area (Å²) in [7, 11) is 3.01. The van der Waals surface area contributed by atoms with E-state index >= 15 is 0 Å². The molecule has 0 aliphatic heterocycles. The van der Waals surface area contributed by atoms with Crippen molar-refractivity contribution in [3.8, 4) is 17.0 Å². The lowest BCUT2D eigenvalue weighted by Gasteiger charge is -2.19. The van der Waals surface area contributed by atoms with E-state index in [9.17, 15) is 14.0 Å². The van der Waals surface area contributed by atoms with Crippen molar-refractivity contribution in [3.05, 3.63) is 65.0 Å². The van der Waals surface area contributed by atoms with Crippen LogP contribution in [0.15, 0.2) is 36.7 Å². The third-order valence-corrected chi connectivity index (χ3v) is 4.87. The van der Waals surface area contributed by atoms with Gasteiger partial charge in [0.05, 0.1) is 19.9 Å². The van der Waals surface area contributed by atoms with Crippen LogP contribution in [0, 0.1) is 26.6 Å². The molecule has 2 aromatic heterocycles. The van der Waals surface area contributed by atoms with Gasteiger partial charge in [-0.3, -0.25) is 14.5 Å². The van der Waals surface area contributed by atoms with Crippen LogP contribution < -0.4 is 15.0 Å². The SMILES string of the molecule is COc1cc(C)cnc1N(C)C(=O)CNC(=O)c1ncc(F)c(-c2ccc(C)cc2C)n1. The minimum atomic E-state index is -0.693. The number of aromatic nitrogens is 3. The minimum absolute atomic E-state index is 0.0275. The summed E-state index contributed by atoms with van der Waals surface area (Å²) in [5.41, 5.74) is 3.33. The van der Waals surface area contributed by atoms with E-state index in [0.29, 0.717) is 17.1 Å². The maximum Gasteiger partial charge on any atom is 0.289 e. The van der Waals surface area contributed by atoms with Gasteiger partial charge in [0.1, 0.15) is 5.69 Å². The molecule has 3 aromatic rings. The highest BCUT2D eigenvalue weighted by Gasteiger charge is 2.20. The molecule has 0 bridgehead atoms. The first-order valence-electron chi connectivity index (χ1n) is 9.86. The molecule has 2 amide bonds. The molecule has 1 aromatic carbocycles. The number of likely N-dealkylation sites (N-methyl/N-ethyl adjacent to an activating group) is 1. The first-order chi connectivity index (χ1) is 15.2. The Labute approximate surface area is 185 Å². The normalized spacial score (nSPS) is 10.6. The van der Waals surface area contributed by atoms with Gasteiger partial charge in [0.25, 0.3) is 5.91 Å². The van der Waals surface area contributed by atoms with Gasteiger partial charge < -0.3 is 10.1 Å². The van der Waals surface area contributed by atoms with Crippen LogP contribution >= 0.6 is 0 Å². The summed E-state index contributed by atoms with van der Waals surface area (Å²) in [6.45, 7) is 5.30. The Balaban J connectivity index is 1.74. The van der Waals surface area contributed by atoms with Crippen molar-refractivity contribution in [2.45, 2.75) is 20.8 Å². The fourth-order valence-electron chi connectivity index (χ4n) is 3.15. The summed E-state index contributed by atoms with van der Waals surface area (Å²) in [6, 6.07) is 7.24. The Kier molecular flexibility index (Phi) is 6.77. The van der Waals surface area contributed by atoms with Gasteiger partial charge in [-0.1, -0.05) is 23.8 Å². The predicted molar refractivity (Wildman–Crippen MR) is 118 cm³/mol. The number of amides is 2. The number of carbonyl (C=O) groups is 2. The zero-order chi connectivity index (χ0) is 23.4. The van der Waals surface area contributed by atoms with Crippen molar-refractivity contribution in [1.29, 1.82) is 0 Å². The Bertz CT molecular complexity index is 1180. The highest BCUT2D eigenvalue weighted by molar-refractivity contribution is 5.99. The van der Waals surface area contributed by atoms with E-state index in [4.69, 9.17) is 4.74 Å². The summed E-state index contributed by atoms with van der Waals surface area (Å²) < 4.78 is 19.6. The Morgan fingerprint density at radius 1 is 1.09 bits per heavy atom. The average molecular weight is 437 g/mol. The van der Waals surface area contributed by atoms with E-state index in [1.807, 2.05) is 32.9 Å². The number of anilines is 1. The second kappa shape index (κ2) is 9.51. The number of nitrogens with one attached hydrogen (secondary N) is 1. The van der Waals surface area contributed by atoms with Crippen LogP contribution in [-0.4, -0.2) is 47.5 Å². The van der Waals surface area contributed by atoms with Crippen molar-refractivity contribution < 1.29 is 18.7 Å². The molecule has 3 rings (SSSR count). The van der Waals surface area contributed by atoms with Crippen molar-refractivity contribution in [3.63, 3.8) is 0 Å². The van der Waals surface area contributed by atoms with Crippen LogP contribution in [0.5, 0.6) is 5.75 Å². The molecule has 166 valence electrons. The maximum atomic E-state index is 14.4. The number of carbonyl (C=O) groups excluding carboxylic acids is 2. The lowest BCUT2D eigenvalue weighted by molar-refractivity contribution is -0.117. The summed E-state index contributed by atoms with van der Waals surface area (Å²) in [4.78, 5) is 38.5. The van der Waals surface area contributed by atoms with Gasteiger partial charge in [-0.05, 0) is 38.0 Å². The van der Waals surface area contributed by atoms with E-state index in [1.54, 1.807) is 18.3 Å². The third-order valence-electron chi connectivity index (χ3n) is 4.87. The maximum absolute atomic E-state index is 14.4. The molecule has 0 fully saturated rings. The van der Waals surface area contributed by atoms with Crippen LogP contribution in [0.2, 0.25) is 0 Å². The monoisotopic (exact) mass is 437 g/mol. The Morgan fingerprint density at radius 2 is 1.84 bits per heavy atom. The first kappa shape index (κ1) is 22.8. The summed E-state index contributed by atoms with van der Waals surface area (Å²) in [5.74, 6) is -1.23. The fourth-order valence-corrected chi connectivity index (χ4v) is 3.15. The van der Waals surface area contributed by atoms with Gasteiger partial charge in [0.2, 0.25) is 11.7 Å². The second-order valence-electron chi connectivity index (χ2n) is 7.38. The highest BCUT2D eigenvalue weighted by Crippen LogP contribution is 2.26. The molecule has 2 heterocycles. The molecule has 0 saturated carbocycles. The molecule has 0 spiro atoms. The second-order valence-corrected chi connectivity index (χ2v) is 7.38. The van der Waals surface area contributed by atoms with Gasteiger partial charge in [-0.25, -0.2) is 19.3 Å². The van der Waals surface area contributed by atoms with Crippen LogP contribution in [0.3, 0.4) is 0 Å². The van der Waals surface area contributed by atoms with Gasteiger partial charge in [-0.2, -0.15) is 0 Å². The van der Waals surface area contributed by atoms with E-state index in [2.05, 4.69) is 20.3 Å². The molecule has 0 radical (unpaired) electrons. The van der Waals surface area contributed by atoms with Crippen molar-refractivity contribution in [2.24, 2.45) is 0 Å². The van der Waals surface area contributed by atoms with Crippen molar-refractivity contribution in [2.75, 3.05) is 25.6 Å². The molecular weight excluding hydrogens is 413 g/mol. The van der Waals surface area contributed by atoms with E-state index < -0.39 is 17.6 Å². The molecule has 32 heavy (non-hydrogen) atoms. The first-order valence-corrected chi connectivity index (χ1v) is 9.86. The minimum Gasteiger partial charge on any atom is -0.493 e. The Hall–Kier alpha value is -3.88. The molecule has 0 saturated heterocycles. The molecular formula is C23H24FN5O3. The van der Waals surface area contributed by atoms with Crippen molar-refractivity contribution >= 4 is 17.6 Å². The van der Waals surface area contributed by atoms with Crippen LogP contribution in [0.25, 0.3) is 11.3 Å². The fraction of sp³-hybridized carbons (Fsp3) is 0.261. The molecule has 1 N–H and O–H groups in total. The summed E-state index contributed by atoms with van der Waals surface area (Å²) in [6.07, 6.45) is 2.56. The molecule has 0 unspecified atom stereocenters. The van der Waals surface area contributed by atoms with Gasteiger partial charge in [0.15, 0.2) is 17.4 Å². The zero-order valence-corrected chi connectivity index (χ0v) is 18.6. The van der Waals surface area contributed by atoms with Gasteiger partial charge in [-0.15, -0.1) is 0 Å². The van der Waals surface area contributed by atoms with Crippen LogP contribution in [0.4, 0.5) is 10.2 Å². The summed E-state index contributed by atoms with van der Waals surface area (Å²) in [5, 5.41) is 2.47. The lowest BCUT2D eigenvalue weighted by Crippen LogP contribution is -2.39. The molecule has 0 aliphatic rings. The third kappa shape index (κ3) is 4.88. The number of hydrogen-bond acceptors (Lipinski definition) is 6. The highest BCUT2D eigenvalue weighted by atomic mass is 19.1. The number of halogens is 1. The molecule has 0 atom stereocenters. The lowest BCUT2D eigenvalue weighted by atomic mass is 10.0. The van der Waals surface area contributed by atoms with Crippen LogP contribution in [0.1, 0.15) is 27.3 Å². The van der Waals surface area contributed by atoms with E-state index in [0.717, 1.165) is 22.9 Å². The Morgan fingerprint density at radius 3 is 2.53 bits per heavy atom. The standard InChI is InChI=1S/C23H24FN5O3/c1-13-6-7-16(15(3)8-13)20-17(24)11-25-21(28-20)23(31)27-12-19(30)29(4)22-18(32-5)9-14(2)10-26-22/h6-11H,12H2,1-5H3,(H,27,31). The predicted octanol–water partition coefficient (Wildman–Crippen LogP) is 3.00.